The molecule has 0 unspecified atom stereocenters. The van der Waals surface area contributed by atoms with Gasteiger partial charge in [-0.2, -0.15) is 0 Å². The zero-order valence-electron chi connectivity index (χ0n) is 12.0. The molecular formula is C16H24BrN3. The van der Waals surface area contributed by atoms with E-state index in [1.54, 1.807) is 0 Å². The van der Waals surface area contributed by atoms with E-state index in [0.29, 0.717) is 0 Å². The molecule has 1 aromatic carbocycles. The maximum atomic E-state index is 5.91. The fourth-order valence-electron chi connectivity index (χ4n) is 3.58. The average Bonchev–Trinajstić information content (AvgIpc) is 2.92. The van der Waals surface area contributed by atoms with Gasteiger partial charge in [-0.3, -0.25) is 9.80 Å². The molecule has 20 heavy (non-hydrogen) atoms. The first-order chi connectivity index (χ1) is 9.70. The van der Waals surface area contributed by atoms with E-state index in [0.717, 1.165) is 22.7 Å². The van der Waals surface area contributed by atoms with Crippen molar-refractivity contribution in [3.8, 4) is 0 Å². The highest BCUT2D eigenvalue weighted by atomic mass is 79.9. The van der Waals surface area contributed by atoms with E-state index in [2.05, 4.69) is 37.9 Å². The summed E-state index contributed by atoms with van der Waals surface area (Å²) in [5, 5.41) is 0. The second kappa shape index (κ2) is 6.46. The summed E-state index contributed by atoms with van der Waals surface area (Å²) in [7, 11) is 0. The molecule has 1 aliphatic heterocycles. The second-order valence-electron chi connectivity index (χ2n) is 6.14. The number of rotatable bonds is 3. The van der Waals surface area contributed by atoms with Crippen molar-refractivity contribution in [3.63, 3.8) is 0 Å². The third-order valence-electron chi connectivity index (χ3n) is 4.63. The van der Waals surface area contributed by atoms with Crippen molar-refractivity contribution in [1.82, 2.24) is 9.80 Å². The molecule has 4 heteroatoms. The van der Waals surface area contributed by atoms with Crippen molar-refractivity contribution in [1.29, 1.82) is 0 Å². The SMILES string of the molecule is Nc1cc(Br)cc(CN2CCN(C3CCCC3)CC2)c1. The van der Waals surface area contributed by atoms with Crippen LogP contribution in [0.25, 0.3) is 0 Å². The van der Waals surface area contributed by atoms with E-state index in [4.69, 9.17) is 5.73 Å². The number of halogens is 1. The number of nitrogens with zero attached hydrogens (tertiary/aromatic N) is 2. The predicted molar refractivity (Wildman–Crippen MR) is 87.7 cm³/mol. The van der Waals surface area contributed by atoms with Crippen molar-refractivity contribution in [2.75, 3.05) is 31.9 Å². The largest absolute Gasteiger partial charge is 0.399 e. The van der Waals surface area contributed by atoms with Crippen LogP contribution < -0.4 is 5.73 Å². The third kappa shape index (κ3) is 3.54. The number of hydrogen-bond donors (Lipinski definition) is 1. The summed E-state index contributed by atoms with van der Waals surface area (Å²) in [6.45, 7) is 5.84. The maximum Gasteiger partial charge on any atom is 0.0328 e. The Balaban J connectivity index is 1.53. The summed E-state index contributed by atoms with van der Waals surface area (Å²) in [4.78, 5) is 5.26. The Hall–Kier alpha value is -0.580. The van der Waals surface area contributed by atoms with Gasteiger partial charge in [0.25, 0.3) is 0 Å². The van der Waals surface area contributed by atoms with Crippen LogP contribution in [0.3, 0.4) is 0 Å². The molecule has 3 rings (SSSR count). The first-order valence-corrected chi connectivity index (χ1v) is 8.51. The van der Waals surface area contributed by atoms with E-state index >= 15 is 0 Å². The number of benzene rings is 1. The number of nitrogens with two attached hydrogens (primary N) is 1. The van der Waals surface area contributed by atoms with Gasteiger partial charge in [0, 0.05) is 48.9 Å². The maximum absolute atomic E-state index is 5.91. The molecule has 1 saturated heterocycles. The Morgan fingerprint density at radius 3 is 2.40 bits per heavy atom. The summed E-state index contributed by atoms with van der Waals surface area (Å²) in [5.41, 5.74) is 8.07. The lowest BCUT2D eigenvalue weighted by Gasteiger charge is -2.38. The number of anilines is 1. The lowest BCUT2D eigenvalue weighted by Crippen LogP contribution is -2.49. The van der Waals surface area contributed by atoms with E-state index in [-0.39, 0.29) is 0 Å². The molecule has 0 bridgehead atoms. The highest BCUT2D eigenvalue weighted by Crippen LogP contribution is 2.25. The highest BCUT2D eigenvalue weighted by molar-refractivity contribution is 9.10. The fraction of sp³-hybridized carbons (Fsp3) is 0.625. The summed E-state index contributed by atoms with van der Waals surface area (Å²) >= 11 is 3.53. The van der Waals surface area contributed by atoms with E-state index in [1.807, 2.05) is 6.07 Å². The van der Waals surface area contributed by atoms with Gasteiger partial charge in [0.1, 0.15) is 0 Å². The Kier molecular flexibility index (Phi) is 4.64. The number of nitrogen functional groups attached to an aromatic ring is 1. The second-order valence-corrected chi connectivity index (χ2v) is 7.06. The molecule has 2 aliphatic rings. The Labute approximate surface area is 130 Å². The summed E-state index contributed by atoms with van der Waals surface area (Å²) < 4.78 is 1.08. The number of hydrogen-bond acceptors (Lipinski definition) is 3. The van der Waals surface area contributed by atoms with Crippen LogP contribution in [-0.4, -0.2) is 42.0 Å². The van der Waals surface area contributed by atoms with Gasteiger partial charge in [0.05, 0.1) is 0 Å². The Morgan fingerprint density at radius 1 is 1.05 bits per heavy atom. The van der Waals surface area contributed by atoms with Crippen LogP contribution >= 0.6 is 15.9 Å². The molecule has 2 fully saturated rings. The first-order valence-electron chi connectivity index (χ1n) is 7.72. The average molecular weight is 338 g/mol. The molecule has 1 saturated carbocycles. The lowest BCUT2D eigenvalue weighted by atomic mass is 10.1. The van der Waals surface area contributed by atoms with Crippen molar-refractivity contribution in [2.24, 2.45) is 0 Å². The zero-order valence-corrected chi connectivity index (χ0v) is 13.6. The van der Waals surface area contributed by atoms with Crippen molar-refractivity contribution in [3.05, 3.63) is 28.2 Å². The van der Waals surface area contributed by atoms with Crippen molar-refractivity contribution >= 4 is 21.6 Å². The van der Waals surface area contributed by atoms with Crippen LogP contribution in [0, 0.1) is 0 Å². The molecule has 0 radical (unpaired) electrons. The van der Waals surface area contributed by atoms with E-state index in [1.165, 1.54) is 57.4 Å². The van der Waals surface area contributed by atoms with E-state index < -0.39 is 0 Å². The normalized spacial score (nSPS) is 22.4. The minimum Gasteiger partial charge on any atom is -0.399 e. The van der Waals surface area contributed by atoms with Gasteiger partial charge in [-0.25, -0.2) is 0 Å². The van der Waals surface area contributed by atoms with Crippen LogP contribution in [0.15, 0.2) is 22.7 Å². The molecule has 0 atom stereocenters. The van der Waals surface area contributed by atoms with Gasteiger partial charge in [-0.05, 0) is 36.6 Å². The third-order valence-corrected chi connectivity index (χ3v) is 5.09. The van der Waals surface area contributed by atoms with Gasteiger partial charge in [-0.15, -0.1) is 0 Å². The summed E-state index contributed by atoms with van der Waals surface area (Å²) in [5.74, 6) is 0. The smallest absolute Gasteiger partial charge is 0.0328 e. The van der Waals surface area contributed by atoms with Gasteiger partial charge in [0.15, 0.2) is 0 Å². The summed E-state index contributed by atoms with van der Waals surface area (Å²) in [6.07, 6.45) is 5.70. The quantitative estimate of drug-likeness (QED) is 0.860. The molecular weight excluding hydrogens is 314 g/mol. The van der Waals surface area contributed by atoms with Crippen LogP contribution in [0.2, 0.25) is 0 Å². The van der Waals surface area contributed by atoms with Gasteiger partial charge in [-0.1, -0.05) is 28.8 Å². The number of piperazine rings is 1. The molecule has 0 aromatic heterocycles. The van der Waals surface area contributed by atoms with Gasteiger partial charge in [0.2, 0.25) is 0 Å². The molecule has 0 spiro atoms. The fourth-order valence-corrected chi connectivity index (χ4v) is 4.14. The van der Waals surface area contributed by atoms with Crippen LogP contribution in [0.5, 0.6) is 0 Å². The lowest BCUT2D eigenvalue weighted by molar-refractivity contribution is 0.0937. The molecule has 2 N–H and O–H groups in total. The molecule has 1 aliphatic carbocycles. The van der Waals surface area contributed by atoms with Crippen LogP contribution in [0.4, 0.5) is 5.69 Å². The predicted octanol–water partition coefficient (Wildman–Crippen LogP) is 3.09. The van der Waals surface area contributed by atoms with Crippen LogP contribution in [0.1, 0.15) is 31.2 Å². The Bertz CT molecular complexity index is 429. The molecule has 110 valence electrons. The zero-order chi connectivity index (χ0) is 13.9. The topological polar surface area (TPSA) is 32.5 Å². The van der Waals surface area contributed by atoms with Crippen LogP contribution in [-0.2, 0) is 6.54 Å². The molecule has 3 nitrogen and oxygen atoms in total. The highest BCUT2D eigenvalue weighted by Gasteiger charge is 2.25. The molecule has 1 aromatic rings. The minimum atomic E-state index is 0.846. The van der Waals surface area contributed by atoms with Crippen molar-refractivity contribution < 1.29 is 0 Å². The summed E-state index contributed by atoms with van der Waals surface area (Å²) in [6, 6.07) is 7.11. The molecule has 0 amide bonds. The minimum absolute atomic E-state index is 0.846. The van der Waals surface area contributed by atoms with Gasteiger partial charge >= 0.3 is 0 Å². The van der Waals surface area contributed by atoms with E-state index in [9.17, 15) is 0 Å². The molecule has 1 heterocycles. The Morgan fingerprint density at radius 2 is 1.75 bits per heavy atom. The monoisotopic (exact) mass is 337 g/mol. The van der Waals surface area contributed by atoms with Gasteiger partial charge < -0.3 is 5.73 Å². The first kappa shape index (κ1) is 14.4. The van der Waals surface area contributed by atoms with Crippen molar-refractivity contribution in [2.45, 2.75) is 38.3 Å². The standard InChI is InChI=1S/C16H24BrN3/c17-14-9-13(10-15(18)11-14)12-19-5-7-20(8-6-19)16-3-1-2-4-16/h9-11,16H,1-8,12,18H2.